The van der Waals surface area contributed by atoms with Crippen LogP contribution in [0.3, 0.4) is 0 Å². The zero-order chi connectivity index (χ0) is 14.6. The van der Waals surface area contributed by atoms with E-state index in [0.29, 0.717) is 29.3 Å². The van der Waals surface area contributed by atoms with Crippen LogP contribution in [0.15, 0.2) is 27.6 Å². The van der Waals surface area contributed by atoms with Gasteiger partial charge >= 0.3 is 0 Å². The molecule has 0 aliphatic carbocycles. The Hall–Kier alpha value is -0.630. The van der Waals surface area contributed by atoms with E-state index in [0.717, 1.165) is 0 Å². The summed E-state index contributed by atoms with van der Waals surface area (Å²) in [5, 5.41) is 0. The maximum absolute atomic E-state index is 12.1. The summed E-state index contributed by atoms with van der Waals surface area (Å²) in [6.45, 7) is 5.15. The summed E-state index contributed by atoms with van der Waals surface area (Å²) in [5.41, 5.74) is 6.11. The second-order valence-corrected chi connectivity index (χ2v) is 7.25. The quantitative estimate of drug-likeness (QED) is 0.765. The Labute approximate surface area is 123 Å². The van der Waals surface area contributed by atoms with Crippen LogP contribution in [0, 0.1) is 0 Å². The molecule has 1 aromatic rings. The number of halogens is 1. The van der Waals surface area contributed by atoms with Crippen molar-refractivity contribution in [3.05, 3.63) is 22.7 Å². The van der Waals surface area contributed by atoms with E-state index in [-0.39, 0.29) is 4.90 Å². The molecule has 7 heteroatoms. The van der Waals surface area contributed by atoms with Gasteiger partial charge in [0.25, 0.3) is 0 Å². The van der Waals surface area contributed by atoms with Gasteiger partial charge in [0.1, 0.15) is 0 Å². The zero-order valence-electron chi connectivity index (χ0n) is 11.4. The molecular formula is C12H20BrN3O2S. The van der Waals surface area contributed by atoms with Crippen molar-refractivity contribution >= 4 is 31.6 Å². The summed E-state index contributed by atoms with van der Waals surface area (Å²) in [5.74, 6) is 0. The van der Waals surface area contributed by atoms with Crippen molar-refractivity contribution in [2.24, 2.45) is 0 Å². The summed E-state index contributed by atoms with van der Waals surface area (Å²) < 4.78 is 27.3. The lowest BCUT2D eigenvalue weighted by Gasteiger charge is -2.21. The average Bonchev–Trinajstić information content (AvgIpc) is 2.27. The molecule has 0 radical (unpaired) electrons. The molecule has 0 aliphatic heterocycles. The normalized spacial score (nSPS) is 12.3. The number of hydrogen-bond donors (Lipinski definition) is 2. The molecule has 5 nitrogen and oxygen atoms in total. The Bertz CT molecular complexity index is 532. The predicted molar refractivity (Wildman–Crippen MR) is 81.5 cm³/mol. The van der Waals surface area contributed by atoms with Crippen molar-refractivity contribution in [1.29, 1.82) is 0 Å². The van der Waals surface area contributed by atoms with Crippen LogP contribution in [0.5, 0.6) is 0 Å². The summed E-state index contributed by atoms with van der Waals surface area (Å²) in [6, 6.07) is 5.02. The molecular weight excluding hydrogens is 330 g/mol. The van der Waals surface area contributed by atoms with Gasteiger partial charge in [0, 0.05) is 29.3 Å². The largest absolute Gasteiger partial charge is 0.399 e. The fourth-order valence-corrected chi connectivity index (χ4v) is 3.54. The van der Waals surface area contributed by atoms with Gasteiger partial charge in [-0.15, -0.1) is 0 Å². The highest BCUT2D eigenvalue weighted by Gasteiger charge is 2.17. The maximum atomic E-state index is 12.1. The summed E-state index contributed by atoms with van der Waals surface area (Å²) >= 11 is 3.22. The second-order valence-electron chi connectivity index (χ2n) is 4.66. The number of sulfonamides is 1. The molecule has 0 amide bonds. The van der Waals surface area contributed by atoms with Crippen LogP contribution in [0.25, 0.3) is 0 Å². The molecule has 0 saturated heterocycles. The van der Waals surface area contributed by atoms with E-state index in [1.54, 1.807) is 12.1 Å². The lowest BCUT2D eigenvalue weighted by Crippen LogP contribution is -2.36. The Morgan fingerprint density at radius 1 is 1.42 bits per heavy atom. The van der Waals surface area contributed by atoms with E-state index in [1.165, 1.54) is 6.07 Å². The number of likely N-dealkylation sites (N-methyl/N-ethyl adjacent to an activating group) is 1. The fourth-order valence-electron chi connectivity index (χ4n) is 1.43. The number of benzene rings is 1. The first kappa shape index (κ1) is 16.4. The third kappa shape index (κ3) is 4.76. The monoisotopic (exact) mass is 349 g/mol. The van der Waals surface area contributed by atoms with Gasteiger partial charge in [-0.3, -0.25) is 0 Å². The van der Waals surface area contributed by atoms with Crippen molar-refractivity contribution in [2.45, 2.75) is 24.8 Å². The molecule has 0 fully saturated rings. The first-order valence-electron chi connectivity index (χ1n) is 5.99. The Balaban J connectivity index is 2.71. The molecule has 3 N–H and O–H groups in total. The van der Waals surface area contributed by atoms with Gasteiger partial charge in [-0.25, -0.2) is 13.1 Å². The summed E-state index contributed by atoms with van der Waals surface area (Å²) in [4.78, 5) is 2.27. The molecule has 0 saturated carbocycles. The van der Waals surface area contributed by atoms with Crippen LogP contribution >= 0.6 is 15.9 Å². The van der Waals surface area contributed by atoms with Crippen LogP contribution in [-0.4, -0.2) is 39.5 Å². The first-order valence-corrected chi connectivity index (χ1v) is 8.26. The van der Waals surface area contributed by atoms with Crippen molar-refractivity contribution in [1.82, 2.24) is 9.62 Å². The van der Waals surface area contributed by atoms with Crippen LogP contribution in [0.1, 0.15) is 13.8 Å². The molecule has 0 unspecified atom stereocenters. The van der Waals surface area contributed by atoms with E-state index in [2.05, 4.69) is 39.4 Å². The van der Waals surface area contributed by atoms with Crippen molar-refractivity contribution in [3.8, 4) is 0 Å². The molecule has 1 rings (SSSR count). The molecule has 0 atom stereocenters. The summed E-state index contributed by atoms with van der Waals surface area (Å²) in [7, 11) is -1.55. The van der Waals surface area contributed by atoms with Crippen molar-refractivity contribution in [3.63, 3.8) is 0 Å². The van der Waals surface area contributed by atoms with Gasteiger partial charge in [-0.2, -0.15) is 0 Å². The zero-order valence-corrected chi connectivity index (χ0v) is 13.8. The van der Waals surface area contributed by atoms with Crippen LogP contribution < -0.4 is 10.5 Å². The standard InChI is InChI=1S/C12H20BrN3O2S/c1-9(2)16(3)7-6-15-19(17,18)12-5-4-10(14)8-11(12)13/h4-5,8-9,15H,6-7,14H2,1-3H3. The highest BCUT2D eigenvalue weighted by Crippen LogP contribution is 2.23. The number of rotatable bonds is 6. The van der Waals surface area contributed by atoms with Gasteiger partial charge in [-0.05, 0) is 55.0 Å². The smallest absolute Gasteiger partial charge is 0.241 e. The average molecular weight is 350 g/mol. The topological polar surface area (TPSA) is 75.4 Å². The summed E-state index contributed by atoms with van der Waals surface area (Å²) in [6.07, 6.45) is 0. The molecule has 0 aliphatic rings. The van der Waals surface area contributed by atoms with E-state index < -0.39 is 10.0 Å². The second kappa shape index (κ2) is 6.69. The maximum Gasteiger partial charge on any atom is 0.241 e. The Morgan fingerprint density at radius 2 is 2.05 bits per heavy atom. The number of nitrogens with one attached hydrogen (secondary N) is 1. The number of nitrogens with zero attached hydrogens (tertiary/aromatic N) is 1. The van der Waals surface area contributed by atoms with Crippen LogP contribution in [0.2, 0.25) is 0 Å². The minimum atomic E-state index is -3.51. The number of nitrogens with two attached hydrogens (primary N) is 1. The molecule has 0 bridgehead atoms. The number of anilines is 1. The van der Waals surface area contributed by atoms with Gasteiger partial charge in [0.2, 0.25) is 10.0 Å². The van der Waals surface area contributed by atoms with E-state index in [4.69, 9.17) is 5.73 Å². The van der Waals surface area contributed by atoms with Gasteiger partial charge in [-0.1, -0.05) is 0 Å². The first-order chi connectivity index (χ1) is 8.74. The molecule has 0 aromatic heterocycles. The number of nitrogen functional groups attached to an aromatic ring is 1. The highest BCUT2D eigenvalue weighted by molar-refractivity contribution is 9.10. The lowest BCUT2D eigenvalue weighted by molar-refractivity contribution is 0.278. The molecule has 19 heavy (non-hydrogen) atoms. The van der Waals surface area contributed by atoms with Crippen LogP contribution in [0.4, 0.5) is 5.69 Å². The van der Waals surface area contributed by atoms with Gasteiger partial charge < -0.3 is 10.6 Å². The number of hydrogen-bond acceptors (Lipinski definition) is 4. The third-order valence-corrected chi connectivity index (χ3v) is 5.32. The van der Waals surface area contributed by atoms with Gasteiger partial charge in [0.05, 0.1) is 4.90 Å². The van der Waals surface area contributed by atoms with E-state index in [1.807, 2.05) is 7.05 Å². The van der Waals surface area contributed by atoms with Crippen molar-refractivity contribution < 1.29 is 8.42 Å². The molecule has 0 heterocycles. The highest BCUT2D eigenvalue weighted by atomic mass is 79.9. The Kier molecular flexibility index (Phi) is 5.79. The Morgan fingerprint density at radius 3 is 2.58 bits per heavy atom. The predicted octanol–water partition coefficient (Wildman–Crippen LogP) is 1.65. The lowest BCUT2D eigenvalue weighted by atomic mass is 10.3. The minimum absolute atomic E-state index is 0.203. The fraction of sp³-hybridized carbons (Fsp3) is 0.500. The van der Waals surface area contributed by atoms with Crippen LogP contribution in [-0.2, 0) is 10.0 Å². The minimum Gasteiger partial charge on any atom is -0.399 e. The molecule has 1 aromatic carbocycles. The SMILES string of the molecule is CC(C)N(C)CCNS(=O)(=O)c1ccc(N)cc1Br. The molecule has 108 valence electrons. The van der Waals surface area contributed by atoms with E-state index >= 15 is 0 Å². The van der Waals surface area contributed by atoms with Crippen molar-refractivity contribution in [2.75, 3.05) is 25.9 Å². The third-order valence-electron chi connectivity index (χ3n) is 2.88. The van der Waals surface area contributed by atoms with Gasteiger partial charge in [0.15, 0.2) is 0 Å². The van der Waals surface area contributed by atoms with E-state index in [9.17, 15) is 8.42 Å². The molecule has 0 spiro atoms.